The fraction of sp³-hybridized carbons (Fsp3) is 0.300. The van der Waals surface area contributed by atoms with Crippen LogP contribution >= 0.6 is 0 Å². The summed E-state index contributed by atoms with van der Waals surface area (Å²) in [5, 5.41) is 3.20. The summed E-state index contributed by atoms with van der Waals surface area (Å²) in [7, 11) is 0. The van der Waals surface area contributed by atoms with E-state index in [0.29, 0.717) is 5.76 Å². The Balaban J connectivity index is 1.70. The van der Waals surface area contributed by atoms with Gasteiger partial charge >= 0.3 is 0 Å². The van der Waals surface area contributed by atoms with Crippen molar-refractivity contribution in [3.63, 3.8) is 0 Å². The van der Waals surface area contributed by atoms with E-state index in [1.54, 1.807) is 6.20 Å². The zero-order valence-electron chi connectivity index (χ0n) is 14.4. The molecule has 1 amide bonds. The van der Waals surface area contributed by atoms with Crippen molar-refractivity contribution in [1.29, 1.82) is 0 Å². The van der Waals surface area contributed by atoms with Gasteiger partial charge in [0.15, 0.2) is 5.76 Å². The van der Waals surface area contributed by atoms with E-state index in [4.69, 9.17) is 4.42 Å². The van der Waals surface area contributed by atoms with Gasteiger partial charge in [-0.15, -0.1) is 0 Å². The lowest BCUT2D eigenvalue weighted by Crippen LogP contribution is -2.37. The minimum absolute atomic E-state index is 0.114. The van der Waals surface area contributed by atoms with Crippen molar-refractivity contribution >= 4 is 5.91 Å². The van der Waals surface area contributed by atoms with Crippen molar-refractivity contribution in [2.75, 3.05) is 0 Å². The predicted octanol–water partition coefficient (Wildman–Crippen LogP) is 3.75. The van der Waals surface area contributed by atoms with Crippen molar-refractivity contribution in [3.05, 3.63) is 77.3 Å². The van der Waals surface area contributed by atoms with Gasteiger partial charge in [0.25, 0.3) is 5.91 Å². The average molecular weight is 335 g/mol. The first-order chi connectivity index (χ1) is 12.1. The number of rotatable bonds is 3. The Morgan fingerprint density at radius 3 is 2.88 bits per heavy atom. The van der Waals surface area contributed by atoms with Crippen molar-refractivity contribution in [2.24, 2.45) is 0 Å². The van der Waals surface area contributed by atoms with Crippen LogP contribution in [0.3, 0.4) is 0 Å². The molecule has 25 heavy (non-hydrogen) atoms. The van der Waals surface area contributed by atoms with Crippen molar-refractivity contribution in [1.82, 2.24) is 14.9 Å². The van der Waals surface area contributed by atoms with E-state index >= 15 is 0 Å². The van der Waals surface area contributed by atoms with E-state index in [0.717, 1.165) is 24.2 Å². The largest absolute Gasteiger partial charge is 0.456 e. The molecule has 0 saturated carbocycles. The highest BCUT2D eigenvalue weighted by atomic mass is 16.3. The Morgan fingerprint density at radius 2 is 2.16 bits per heavy atom. The van der Waals surface area contributed by atoms with Gasteiger partial charge in [-0.1, -0.05) is 24.3 Å². The van der Waals surface area contributed by atoms with E-state index in [-0.39, 0.29) is 18.0 Å². The van der Waals surface area contributed by atoms with E-state index in [2.05, 4.69) is 33.1 Å². The number of nitrogens with one attached hydrogen (secondary N) is 1. The molecule has 0 saturated heterocycles. The quantitative estimate of drug-likeness (QED) is 0.793. The Kier molecular flexibility index (Phi) is 3.92. The number of benzene rings is 1. The summed E-state index contributed by atoms with van der Waals surface area (Å²) in [4.78, 5) is 17.0. The van der Waals surface area contributed by atoms with Crippen LogP contribution in [-0.4, -0.2) is 15.5 Å². The second kappa shape index (κ2) is 6.24. The van der Waals surface area contributed by atoms with Gasteiger partial charge in [0.05, 0.1) is 18.4 Å². The number of nitrogens with zero attached hydrogens (tertiary/aromatic N) is 2. The van der Waals surface area contributed by atoms with Crippen molar-refractivity contribution < 1.29 is 9.21 Å². The Morgan fingerprint density at radius 1 is 1.32 bits per heavy atom. The zero-order valence-corrected chi connectivity index (χ0v) is 14.4. The second-order valence-electron chi connectivity index (χ2n) is 6.64. The van der Waals surface area contributed by atoms with Crippen molar-refractivity contribution in [3.8, 4) is 0 Å². The summed E-state index contributed by atoms with van der Waals surface area (Å²) < 4.78 is 7.68. The highest BCUT2D eigenvalue weighted by Gasteiger charge is 2.32. The number of hydrogen-bond donors (Lipinski definition) is 1. The molecular weight excluding hydrogens is 314 g/mol. The molecule has 5 heteroatoms. The standard InChI is InChI=1S/C20H21N3O2/c1-13-11-14(2)25-19(13)20(24)22-18-16-6-4-3-5-15(16)7-8-17(18)23-10-9-21-12-23/h3-6,9-12,17-18H,7-8H2,1-2H3,(H,22,24)/t17-,18-/m1/s1. The number of furan rings is 1. The summed E-state index contributed by atoms with van der Waals surface area (Å²) in [5.74, 6) is 0.972. The third kappa shape index (κ3) is 2.86. The van der Waals surface area contributed by atoms with E-state index in [9.17, 15) is 4.79 Å². The molecule has 0 unspecified atom stereocenters. The maximum Gasteiger partial charge on any atom is 0.287 e. The number of hydrogen-bond acceptors (Lipinski definition) is 3. The van der Waals surface area contributed by atoms with Crippen LogP contribution in [-0.2, 0) is 6.42 Å². The second-order valence-corrected chi connectivity index (χ2v) is 6.64. The molecule has 0 spiro atoms. The molecule has 128 valence electrons. The smallest absolute Gasteiger partial charge is 0.287 e. The molecule has 1 aromatic carbocycles. The SMILES string of the molecule is Cc1cc(C)c(C(=O)N[C@@H]2c3ccccc3CC[C@H]2n2ccnc2)o1. The number of amides is 1. The average Bonchev–Trinajstić information content (AvgIpc) is 3.24. The van der Waals surface area contributed by atoms with E-state index in [1.165, 1.54) is 11.1 Å². The number of carbonyl (C=O) groups is 1. The van der Waals surface area contributed by atoms with Crippen LogP contribution < -0.4 is 5.32 Å². The molecule has 2 aromatic heterocycles. The first-order valence-electron chi connectivity index (χ1n) is 8.56. The molecule has 0 radical (unpaired) electrons. The summed E-state index contributed by atoms with van der Waals surface area (Å²) in [5.41, 5.74) is 3.32. The first kappa shape index (κ1) is 15.7. The van der Waals surface area contributed by atoms with E-state index in [1.807, 2.05) is 38.5 Å². The van der Waals surface area contributed by atoms with E-state index < -0.39 is 0 Å². The van der Waals surface area contributed by atoms with Crippen LogP contribution in [0.15, 0.2) is 53.5 Å². The number of carbonyl (C=O) groups excluding carboxylic acids is 1. The van der Waals surface area contributed by atoms with Crippen LogP contribution in [0.1, 0.15) is 51.5 Å². The molecule has 2 atom stereocenters. The predicted molar refractivity (Wildman–Crippen MR) is 94.4 cm³/mol. The van der Waals surface area contributed by atoms with Gasteiger partial charge in [0.1, 0.15) is 5.76 Å². The fourth-order valence-electron chi connectivity index (χ4n) is 3.78. The van der Waals surface area contributed by atoms with Crippen LogP contribution in [0.4, 0.5) is 0 Å². The van der Waals surface area contributed by atoms with Gasteiger partial charge in [-0.2, -0.15) is 0 Å². The van der Waals surface area contributed by atoms with Gasteiger partial charge < -0.3 is 14.3 Å². The molecular formula is C20H21N3O2. The number of imidazole rings is 1. The normalized spacial score (nSPS) is 19.4. The molecule has 1 aliphatic rings. The van der Waals surface area contributed by atoms with Gasteiger partial charge in [-0.25, -0.2) is 4.98 Å². The molecule has 4 rings (SSSR count). The first-order valence-corrected chi connectivity index (χ1v) is 8.56. The lowest BCUT2D eigenvalue weighted by atomic mass is 9.83. The van der Waals surface area contributed by atoms with Crippen LogP contribution in [0.5, 0.6) is 0 Å². The maximum atomic E-state index is 12.8. The molecule has 5 nitrogen and oxygen atoms in total. The molecule has 3 aromatic rings. The van der Waals surface area contributed by atoms with Crippen LogP contribution in [0.2, 0.25) is 0 Å². The Hall–Kier alpha value is -2.82. The topological polar surface area (TPSA) is 60.1 Å². The number of aromatic nitrogens is 2. The minimum Gasteiger partial charge on any atom is -0.456 e. The number of aryl methyl sites for hydroxylation is 3. The Bertz CT molecular complexity index is 896. The lowest BCUT2D eigenvalue weighted by Gasteiger charge is -2.34. The van der Waals surface area contributed by atoms with Crippen LogP contribution in [0, 0.1) is 13.8 Å². The minimum atomic E-state index is -0.169. The summed E-state index contributed by atoms with van der Waals surface area (Å²) in [6, 6.07) is 10.2. The van der Waals surface area contributed by atoms with Crippen LogP contribution in [0.25, 0.3) is 0 Å². The molecule has 1 N–H and O–H groups in total. The Labute approximate surface area is 146 Å². The molecule has 2 heterocycles. The third-order valence-corrected chi connectivity index (χ3v) is 4.93. The summed E-state index contributed by atoms with van der Waals surface area (Å²) in [6.07, 6.45) is 7.50. The lowest BCUT2D eigenvalue weighted by molar-refractivity contribution is 0.0887. The van der Waals surface area contributed by atoms with Gasteiger partial charge in [-0.05, 0) is 43.9 Å². The monoisotopic (exact) mass is 335 g/mol. The molecule has 0 aliphatic heterocycles. The van der Waals surface area contributed by atoms with Gasteiger partial charge in [0, 0.05) is 18.0 Å². The zero-order chi connectivity index (χ0) is 17.4. The number of fused-ring (bicyclic) bond motifs is 1. The third-order valence-electron chi connectivity index (χ3n) is 4.93. The van der Waals surface area contributed by atoms with Gasteiger partial charge in [-0.3, -0.25) is 4.79 Å². The fourth-order valence-corrected chi connectivity index (χ4v) is 3.78. The van der Waals surface area contributed by atoms with Gasteiger partial charge in [0.2, 0.25) is 0 Å². The molecule has 1 aliphatic carbocycles. The summed E-state index contributed by atoms with van der Waals surface area (Å²) in [6.45, 7) is 3.75. The molecule has 0 fully saturated rings. The highest BCUT2D eigenvalue weighted by Crippen LogP contribution is 2.37. The maximum absolute atomic E-state index is 12.8. The van der Waals surface area contributed by atoms with Crippen molar-refractivity contribution in [2.45, 2.75) is 38.8 Å². The molecule has 0 bridgehead atoms. The summed E-state index contributed by atoms with van der Waals surface area (Å²) >= 11 is 0. The highest BCUT2D eigenvalue weighted by molar-refractivity contribution is 5.93.